The number of nitrogens with zero attached hydrogens (tertiary/aromatic N) is 2. The third-order valence-electron chi connectivity index (χ3n) is 4.19. The lowest BCUT2D eigenvalue weighted by Gasteiger charge is -2.25. The third kappa shape index (κ3) is 4.55. The van der Waals surface area contributed by atoms with E-state index in [2.05, 4.69) is 0 Å². The highest BCUT2D eigenvalue weighted by molar-refractivity contribution is 7.89. The normalized spacial score (nSPS) is 18.4. The summed E-state index contributed by atoms with van der Waals surface area (Å²) < 4.78 is 26.8. The molecule has 24 heavy (non-hydrogen) atoms. The Hall–Kier alpha value is -1.44. The Kier molecular flexibility index (Phi) is 6.37. The molecule has 0 bridgehead atoms. The summed E-state index contributed by atoms with van der Waals surface area (Å²) in [6, 6.07) is 7.90. The van der Waals surface area contributed by atoms with Crippen LogP contribution in [0, 0.1) is 5.92 Å². The average molecular weight is 353 g/mol. The maximum absolute atomic E-state index is 12.7. The minimum absolute atomic E-state index is 0.0809. The van der Waals surface area contributed by atoms with E-state index in [4.69, 9.17) is 5.73 Å². The van der Waals surface area contributed by atoms with Crippen molar-refractivity contribution in [1.29, 1.82) is 0 Å². The van der Waals surface area contributed by atoms with Gasteiger partial charge in [-0.3, -0.25) is 4.79 Å². The van der Waals surface area contributed by atoms with Crippen molar-refractivity contribution in [2.45, 2.75) is 37.6 Å². The number of amides is 1. The van der Waals surface area contributed by atoms with Crippen molar-refractivity contribution >= 4 is 15.9 Å². The van der Waals surface area contributed by atoms with Crippen LogP contribution in [0.5, 0.6) is 0 Å². The molecule has 134 valence electrons. The van der Waals surface area contributed by atoms with Crippen LogP contribution in [-0.4, -0.2) is 55.8 Å². The Morgan fingerprint density at radius 2 is 1.79 bits per heavy atom. The molecule has 0 radical (unpaired) electrons. The summed E-state index contributed by atoms with van der Waals surface area (Å²) in [5.41, 5.74) is 5.99. The van der Waals surface area contributed by atoms with Gasteiger partial charge in [0.15, 0.2) is 0 Å². The second-order valence-electron chi connectivity index (χ2n) is 6.63. The van der Waals surface area contributed by atoms with Gasteiger partial charge in [-0.05, 0) is 30.9 Å². The van der Waals surface area contributed by atoms with Crippen molar-refractivity contribution in [2.24, 2.45) is 11.7 Å². The Balaban J connectivity index is 2.04. The zero-order valence-corrected chi connectivity index (χ0v) is 15.2. The average Bonchev–Trinajstić information content (AvgIpc) is 2.81. The molecule has 1 aromatic rings. The first kappa shape index (κ1) is 18.9. The van der Waals surface area contributed by atoms with Gasteiger partial charge in [-0.15, -0.1) is 0 Å². The van der Waals surface area contributed by atoms with E-state index in [-0.39, 0.29) is 5.91 Å². The molecule has 1 heterocycles. The molecule has 0 saturated carbocycles. The van der Waals surface area contributed by atoms with Gasteiger partial charge in [0.2, 0.25) is 15.9 Å². The molecule has 6 nitrogen and oxygen atoms in total. The number of carbonyl (C=O) groups excluding carboxylic acids is 1. The predicted molar refractivity (Wildman–Crippen MR) is 93.8 cm³/mol. The molecule has 1 amide bonds. The minimum Gasteiger partial charge on any atom is -0.340 e. The van der Waals surface area contributed by atoms with Crippen molar-refractivity contribution in [3.63, 3.8) is 0 Å². The van der Waals surface area contributed by atoms with Crippen molar-refractivity contribution in [1.82, 2.24) is 9.21 Å². The number of nitrogens with two attached hydrogens (primary N) is 1. The Morgan fingerprint density at radius 1 is 1.12 bits per heavy atom. The summed E-state index contributed by atoms with van der Waals surface area (Å²) in [5, 5.41) is 0. The van der Waals surface area contributed by atoms with Gasteiger partial charge in [-0.1, -0.05) is 32.0 Å². The van der Waals surface area contributed by atoms with E-state index >= 15 is 0 Å². The molecule has 2 N–H and O–H groups in total. The Morgan fingerprint density at radius 3 is 2.42 bits per heavy atom. The fourth-order valence-electron chi connectivity index (χ4n) is 2.94. The maximum atomic E-state index is 12.7. The van der Waals surface area contributed by atoms with Crippen LogP contribution < -0.4 is 5.73 Å². The lowest BCUT2D eigenvalue weighted by molar-refractivity contribution is -0.132. The van der Waals surface area contributed by atoms with E-state index in [9.17, 15) is 13.2 Å². The summed E-state index contributed by atoms with van der Waals surface area (Å²) in [6.07, 6.45) is 1.26. The number of carbonyl (C=O) groups is 1. The number of rotatable bonds is 5. The van der Waals surface area contributed by atoms with Gasteiger partial charge in [0, 0.05) is 26.2 Å². The van der Waals surface area contributed by atoms with Gasteiger partial charge in [-0.2, -0.15) is 4.31 Å². The number of benzene rings is 1. The molecule has 1 aromatic carbocycles. The first-order valence-electron chi connectivity index (χ1n) is 8.42. The van der Waals surface area contributed by atoms with Crippen LogP contribution >= 0.6 is 0 Å². The van der Waals surface area contributed by atoms with Crippen molar-refractivity contribution in [2.75, 3.05) is 26.2 Å². The number of hydrogen-bond acceptors (Lipinski definition) is 4. The van der Waals surface area contributed by atoms with E-state index in [1.165, 1.54) is 4.31 Å². The smallest absolute Gasteiger partial charge is 0.243 e. The molecule has 1 aliphatic rings. The van der Waals surface area contributed by atoms with Crippen LogP contribution in [0.1, 0.15) is 26.7 Å². The minimum atomic E-state index is -3.51. The zero-order chi connectivity index (χ0) is 17.7. The van der Waals surface area contributed by atoms with Crippen molar-refractivity contribution in [3.8, 4) is 0 Å². The Labute approximate surface area is 144 Å². The number of hydrogen-bond donors (Lipinski definition) is 1. The SMILES string of the molecule is CC(C)C[C@H](N)C(=O)N1CCCN(S(=O)(=O)c2ccccc2)CC1. The van der Waals surface area contributed by atoms with E-state index in [0.717, 1.165) is 0 Å². The predicted octanol–water partition coefficient (Wildman–Crippen LogP) is 1.28. The molecule has 0 aliphatic carbocycles. The quantitative estimate of drug-likeness (QED) is 0.864. The highest BCUT2D eigenvalue weighted by Gasteiger charge is 2.29. The van der Waals surface area contributed by atoms with Crippen LogP contribution in [0.15, 0.2) is 35.2 Å². The summed E-state index contributed by atoms with van der Waals surface area (Å²) in [7, 11) is -3.51. The molecular weight excluding hydrogens is 326 g/mol. The highest BCUT2D eigenvalue weighted by Crippen LogP contribution is 2.18. The second-order valence-corrected chi connectivity index (χ2v) is 8.57. The fraction of sp³-hybridized carbons (Fsp3) is 0.588. The molecule has 0 spiro atoms. The van der Waals surface area contributed by atoms with E-state index < -0.39 is 16.1 Å². The third-order valence-corrected chi connectivity index (χ3v) is 6.10. The maximum Gasteiger partial charge on any atom is 0.243 e. The monoisotopic (exact) mass is 353 g/mol. The molecule has 7 heteroatoms. The van der Waals surface area contributed by atoms with E-state index in [1.54, 1.807) is 35.2 Å². The lowest BCUT2D eigenvalue weighted by atomic mass is 10.0. The standard InChI is InChI=1S/C17H27N3O3S/c1-14(2)13-16(18)17(21)19-9-6-10-20(12-11-19)24(22,23)15-7-4-3-5-8-15/h3-5,7-8,14,16H,6,9-13,18H2,1-2H3/t16-/m0/s1. The number of sulfonamides is 1. The van der Waals surface area contributed by atoms with E-state index in [0.29, 0.717) is 49.8 Å². The zero-order valence-electron chi connectivity index (χ0n) is 14.4. The molecule has 1 aliphatic heterocycles. The molecular formula is C17H27N3O3S. The fourth-order valence-corrected chi connectivity index (χ4v) is 4.43. The van der Waals surface area contributed by atoms with Gasteiger partial charge in [0.05, 0.1) is 10.9 Å². The van der Waals surface area contributed by atoms with E-state index in [1.807, 2.05) is 13.8 Å². The summed E-state index contributed by atoms with van der Waals surface area (Å²) in [5.74, 6) is 0.272. The summed E-state index contributed by atoms with van der Waals surface area (Å²) in [6.45, 7) is 5.72. The molecule has 0 aromatic heterocycles. The summed E-state index contributed by atoms with van der Waals surface area (Å²) in [4.78, 5) is 14.4. The first-order valence-corrected chi connectivity index (χ1v) is 9.86. The molecule has 2 rings (SSSR count). The lowest BCUT2D eigenvalue weighted by Crippen LogP contribution is -2.46. The van der Waals surface area contributed by atoms with Gasteiger partial charge < -0.3 is 10.6 Å². The highest BCUT2D eigenvalue weighted by atomic mass is 32.2. The topological polar surface area (TPSA) is 83.7 Å². The summed E-state index contributed by atoms with van der Waals surface area (Å²) >= 11 is 0. The van der Waals surface area contributed by atoms with Crippen LogP contribution in [0.3, 0.4) is 0 Å². The first-order chi connectivity index (χ1) is 11.3. The molecule has 1 atom stereocenters. The molecule has 1 saturated heterocycles. The van der Waals surface area contributed by atoms with Crippen LogP contribution in [0.25, 0.3) is 0 Å². The van der Waals surface area contributed by atoms with Crippen LogP contribution in [0.2, 0.25) is 0 Å². The van der Waals surface area contributed by atoms with Gasteiger partial charge in [0.1, 0.15) is 0 Å². The van der Waals surface area contributed by atoms with Crippen LogP contribution in [0.4, 0.5) is 0 Å². The Bertz CT molecular complexity index is 646. The van der Waals surface area contributed by atoms with Gasteiger partial charge in [0.25, 0.3) is 0 Å². The van der Waals surface area contributed by atoms with Gasteiger partial charge >= 0.3 is 0 Å². The van der Waals surface area contributed by atoms with Crippen molar-refractivity contribution in [3.05, 3.63) is 30.3 Å². The largest absolute Gasteiger partial charge is 0.340 e. The molecule has 1 fully saturated rings. The van der Waals surface area contributed by atoms with Crippen molar-refractivity contribution < 1.29 is 13.2 Å². The molecule has 0 unspecified atom stereocenters. The van der Waals surface area contributed by atoms with Gasteiger partial charge in [-0.25, -0.2) is 8.42 Å². The second kappa shape index (κ2) is 8.09. The van der Waals surface area contributed by atoms with Crippen LogP contribution in [-0.2, 0) is 14.8 Å².